The molecule has 1 aliphatic heterocycles. The van der Waals surface area contributed by atoms with E-state index in [1.165, 1.54) is 36.9 Å². The van der Waals surface area contributed by atoms with Crippen molar-refractivity contribution in [3.05, 3.63) is 23.3 Å². The van der Waals surface area contributed by atoms with Gasteiger partial charge in [-0.3, -0.25) is 0 Å². The second-order valence-corrected chi connectivity index (χ2v) is 5.02. The second-order valence-electron chi connectivity index (χ2n) is 5.02. The molecule has 94 valence electrons. The highest BCUT2D eigenvalue weighted by Crippen LogP contribution is 2.20. The zero-order valence-corrected chi connectivity index (χ0v) is 11.0. The molecule has 1 atom stereocenters. The molecule has 3 nitrogen and oxygen atoms in total. The molecule has 0 saturated heterocycles. The smallest absolute Gasteiger partial charge is 0.131 e. The minimum absolute atomic E-state index is 0.502. The normalized spacial score (nSPS) is 16.6. The number of hydrogen-bond acceptors (Lipinski definition) is 3. The van der Waals surface area contributed by atoms with Crippen molar-refractivity contribution in [2.24, 2.45) is 0 Å². The molecule has 1 aromatic heterocycles. The maximum atomic E-state index is 4.74. The van der Waals surface area contributed by atoms with Gasteiger partial charge in [0.05, 0.1) is 0 Å². The molecule has 0 saturated carbocycles. The van der Waals surface area contributed by atoms with Gasteiger partial charge in [0.1, 0.15) is 5.82 Å². The average Bonchev–Trinajstić information content (AvgIpc) is 2.38. The van der Waals surface area contributed by atoms with E-state index in [2.05, 4.69) is 24.1 Å². The summed E-state index contributed by atoms with van der Waals surface area (Å²) in [5.74, 6) is 1.54. The molecule has 0 aliphatic carbocycles. The summed E-state index contributed by atoms with van der Waals surface area (Å²) in [5.41, 5.74) is 2.54. The summed E-state index contributed by atoms with van der Waals surface area (Å²) >= 11 is 0. The number of unbranched alkanes of at least 4 members (excludes halogenated alkanes) is 2. The maximum absolute atomic E-state index is 4.74. The van der Waals surface area contributed by atoms with Crippen molar-refractivity contribution >= 4 is 0 Å². The fourth-order valence-electron chi connectivity index (χ4n) is 2.32. The van der Waals surface area contributed by atoms with Crippen LogP contribution in [0, 0.1) is 0 Å². The minimum atomic E-state index is 0.502. The fourth-order valence-corrected chi connectivity index (χ4v) is 2.32. The molecular formula is C14H23N3. The summed E-state index contributed by atoms with van der Waals surface area (Å²) in [6, 6.07) is 0. The van der Waals surface area contributed by atoms with Gasteiger partial charge in [0.15, 0.2) is 0 Å². The van der Waals surface area contributed by atoms with Gasteiger partial charge in [-0.25, -0.2) is 9.97 Å². The summed E-state index contributed by atoms with van der Waals surface area (Å²) < 4.78 is 0. The molecule has 2 heterocycles. The topological polar surface area (TPSA) is 37.8 Å². The van der Waals surface area contributed by atoms with E-state index in [0.717, 1.165) is 25.3 Å². The lowest BCUT2D eigenvalue weighted by Crippen LogP contribution is -2.25. The Kier molecular flexibility index (Phi) is 4.49. The van der Waals surface area contributed by atoms with Gasteiger partial charge in [0.2, 0.25) is 0 Å². The van der Waals surface area contributed by atoms with Gasteiger partial charge >= 0.3 is 0 Å². The van der Waals surface area contributed by atoms with Crippen molar-refractivity contribution in [3.8, 4) is 0 Å². The Morgan fingerprint density at radius 1 is 1.41 bits per heavy atom. The third-order valence-electron chi connectivity index (χ3n) is 3.51. The predicted octanol–water partition coefficient (Wildman–Crippen LogP) is 2.81. The van der Waals surface area contributed by atoms with Crippen molar-refractivity contribution in [2.75, 3.05) is 6.54 Å². The summed E-state index contributed by atoms with van der Waals surface area (Å²) in [5, 5.41) is 3.35. The first-order chi connectivity index (χ1) is 8.31. The zero-order chi connectivity index (χ0) is 12.1. The van der Waals surface area contributed by atoms with Crippen LogP contribution in [-0.2, 0) is 13.0 Å². The van der Waals surface area contributed by atoms with Crippen LogP contribution in [0.15, 0.2) is 6.20 Å². The minimum Gasteiger partial charge on any atom is -0.312 e. The molecule has 1 unspecified atom stereocenters. The van der Waals surface area contributed by atoms with Crippen LogP contribution in [0.25, 0.3) is 0 Å². The van der Waals surface area contributed by atoms with Crippen LogP contribution in [0.3, 0.4) is 0 Å². The van der Waals surface area contributed by atoms with Gasteiger partial charge in [-0.05, 0) is 6.42 Å². The van der Waals surface area contributed by atoms with E-state index in [4.69, 9.17) is 4.98 Å². The lowest BCUT2D eigenvalue weighted by atomic mass is 10.0. The molecular weight excluding hydrogens is 210 g/mol. The van der Waals surface area contributed by atoms with E-state index in [9.17, 15) is 0 Å². The van der Waals surface area contributed by atoms with E-state index in [0.29, 0.717) is 5.92 Å². The van der Waals surface area contributed by atoms with Crippen LogP contribution >= 0.6 is 0 Å². The number of rotatable bonds is 5. The summed E-state index contributed by atoms with van der Waals surface area (Å²) in [6.45, 7) is 6.47. The third-order valence-corrected chi connectivity index (χ3v) is 3.51. The molecule has 2 rings (SSSR count). The van der Waals surface area contributed by atoms with Gasteiger partial charge in [-0.2, -0.15) is 0 Å². The molecule has 1 aliphatic rings. The highest BCUT2D eigenvalue weighted by Gasteiger charge is 2.14. The number of aromatic nitrogens is 2. The summed E-state index contributed by atoms with van der Waals surface area (Å²) in [7, 11) is 0. The molecule has 0 fully saturated rings. The van der Waals surface area contributed by atoms with Crippen LogP contribution in [0.5, 0.6) is 0 Å². The van der Waals surface area contributed by atoms with Crippen molar-refractivity contribution in [1.82, 2.24) is 15.3 Å². The Labute approximate surface area is 104 Å². The Morgan fingerprint density at radius 2 is 2.29 bits per heavy atom. The number of fused-ring (bicyclic) bond motifs is 1. The molecule has 1 aromatic rings. The van der Waals surface area contributed by atoms with Crippen molar-refractivity contribution < 1.29 is 0 Å². The van der Waals surface area contributed by atoms with E-state index < -0.39 is 0 Å². The number of hydrogen-bond donors (Lipinski definition) is 1. The van der Waals surface area contributed by atoms with Crippen molar-refractivity contribution in [3.63, 3.8) is 0 Å². The lowest BCUT2D eigenvalue weighted by molar-refractivity contribution is 0.561. The van der Waals surface area contributed by atoms with E-state index in [1.807, 2.05) is 6.20 Å². The molecule has 0 bridgehead atoms. The van der Waals surface area contributed by atoms with Crippen LogP contribution in [0.4, 0.5) is 0 Å². The van der Waals surface area contributed by atoms with Gasteiger partial charge < -0.3 is 5.32 Å². The Balaban J connectivity index is 2.00. The standard InChI is InChI=1S/C14H23N3/c1-3-4-5-6-11(2)14-16-10-12-9-15-8-7-13(12)17-14/h10-11,15H,3-9H2,1-2H3. The fraction of sp³-hybridized carbons (Fsp3) is 0.714. The molecule has 0 amide bonds. The average molecular weight is 233 g/mol. The predicted molar refractivity (Wildman–Crippen MR) is 70.0 cm³/mol. The maximum Gasteiger partial charge on any atom is 0.131 e. The highest BCUT2D eigenvalue weighted by atomic mass is 14.9. The molecule has 17 heavy (non-hydrogen) atoms. The molecule has 1 N–H and O–H groups in total. The number of nitrogens with one attached hydrogen (secondary N) is 1. The molecule has 3 heteroatoms. The quantitative estimate of drug-likeness (QED) is 0.795. The van der Waals surface area contributed by atoms with Crippen LogP contribution in [-0.4, -0.2) is 16.5 Å². The van der Waals surface area contributed by atoms with E-state index in [1.54, 1.807) is 0 Å². The van der Waals surface area contributed by atoms with Gasteiger partial charge in [0, 0.05) is 42.9 Å². The molecule has 0 radical (unpaired) electrons. The lowest BCUT2D eigenvalue weighted by Gasteiger charge is -2.18. The Hall–Kier alpha value is -0.960. The highest BCUT2D eigenvalue weighted by molar-refractivity contribution is 5.21. The van der Waals surface area contributed by atoms with Gasteiger partial charge in [-0.15, -0.1) is 0 Å². The summed E-state index contributed by atoms with van der Waals surface area (Å²) in [6.07, 6.45) is 8.17. The monoisotopic (exact) mass is 233 g/mol. The van der Waals surface area contributed by atoms with E-state index in [-0.39, 0.29) is 0 Å². The first-order valence-electron chi connectivity index (χ1n) is 6.86. The second kappa shape index (κ2) is 6.10. The SMILES string of the molecule is CCCCCC(C)c1ncc2c(n1)CCNC2. The molecule has 0 spiro atoms. The van der Waals surface area contributed by atoms with Crippen molar-refractivity contribution in [2.45, 2.75) is 58.4 Å². The van der Waals surface area contributed by atoms with Gasteiger partial charge in [0.25, 0.3) is 0 Å². The third kappa shape index (κ3) is 3.25. The van der Waals surface area contributed by atoms with Gasteiger partial charge in [-0.1, -0.05) is 33.1 Å². The van der Waals surface area contributed by atoms with Crippen molar-refractivity contribution in [1.29, 1.82) is 0 Å². The van der Waals surface area contributed by atoms with Crippen LogP contribution < -0.4 is 5.32 Å². The number of nitrogens with zero attached hydrogens (tertiary/aromatic N) is 2. The first-order valence-corrected chi connectivity index (χ1v) is 6.86. The largest absolute Gasteiger partial charge is 0.312 e. The summed E-state index contributed by atoms with van der Waals surface area (Å²) in [4.78, 5) is 9.26. The first kappa shape index (κ1) is 12.5. The zero-order valence-electron chi connectivity index (χ0n) is 11.0. The Morgan fingerprint density at radius 3 is 3.12 bits per heavy atom. The van der Waals surface area contributed by atoms with Crippen LogP contribution in [0.2, 0.25) is 0 Å². The van der Waals surface area contributed by atoms with Crippen LogP contribution in [0.1, 0.15) is 62.5 Å². The van der Waals surface area contributed by atoms with E-state index >= 15 is 0 Å². The molecule has 0 aromatic carbocycles. The Bertz CT molecular complexity index is 362.